The molecule has 156 valence electrons. The van der Waals surface area contributed by atoms with Gasteiger partial charge in [-0.1, -0.05) is 29.8 Å². The summed E-state index contributed by atoms with van der Waals surface area (Å²) < 4.78 is 25.6. The first kappa shape index (κ1) is 20.9. The third kappa shape index (κ3) is 5.02. The Morgan fingerprint density at radius 3 is 2.34 bits per heavy atom. The molecular weight excluding hydrogens is 408 g/mol. The van der Waals surface area contributed by atoms with E-state index in [4.69, 9.17) is 11.6 Å². The van der Waals surface area contributed by atoms with Crippen molar-refractivity contribution in [3.05, 3.63) is 59.1 Å². The van der Waals surface area contributed by atoms with E-state index in [-0.39, 0.29) is 4.90 Å². The number of benzene rings is 2. The number of hydrogen-bond acceptors (Lipinski definition) is 4. The molecule has 4 nitrogen and oxygen atoms in total. The van der Waals surface area contributed by atoms with Crippen molar-refractivity contribution in [2.75, 3.05) is 26.2 Å². The Balaban J connectivity index is 1.35. The van der Waals surface area contributed by atoms with Crippen LogP contribution in [0.4, 0.5) is 0 Å². The molecule has 4 rings (SSSR count). The second-order valence-electron chi connectivity index (χ2n) is 8.27. The van der Waals surface area contributed by atoms with Gasteiger partial charge >= 0.3 is 0 Å². The smallest absolute Gasteiger partial charge is 0.206 e. The number of rotatable bonds is 5. The van der Waals surface area contributed by atoms with E-state index in [1.807, 2.05) is 12.1 Å². The predicted molar refractivity (Wildman–Crippen MR) is 117 cm³/mol. The van der Waals surface area contributed by atoms with Gasteiger partial charge in [-0.3, -0.25) is 0 Å². The Morgan fingerprint density at radius 1 is 1.00 bits per heavy atom. The number of halogens is 1. The van der Waals surface area contributed by atoms with Gasteiger partial charge in [-0.15, -0.1) is 0 Å². The predicted octanol–water partition coefficient (Wildman–Crippen LogP) is 4.18. The summed E-state index contributed by atoms with van der Waals surface area (Å²) in [5.74, 6) is 0.684. The molecule has 0 aliphatic carbocycles. The van der Waals surface area contributed by atoms with Crippen LogP contribution in [0, 0.1) is 5.92 Å². The average molecular weight is 437 g/mol. The fraction of sp³-hybridized carbons (Fsp3) is 0.478. The molecule has 0 radical (unpaired) electrons. The Morgan fingerprint density at radius 2 is 1.69 bits per heavy atom. The van der Waals surface area contributed by atoms with Gasteiger partial charge in [-0.05, 0) is 100 Å². The fourth-order valence-corrected chi connectivity index (χ4v) is 6.16. The molecule has 0 aromatic heterocycles. The van der Waals surface area contributed by atoms with E-state index in [1.54, 1.807) is 30.3 Å². The van der Waals surface area contributed by atoms with Crippen LogP contribution in [-0.2, 0) is 16.3 Å². The normalized spacial score (nSPS) is 20.0. The lowest BCUT2D eigenvalue weighted by molar-refractivity contribution is 0.111. The van der Waals surface area contributed by atoms with E-state index in [9.17, 15) is 8.42 Å². The Labute approximate surface area is 179 Å². The van der Waals surface area contributed by atoms with Gasteiger partial charge in [0.15, 0.2) is 0 Å². The van der Waals surface area contributed by atoms with E-state index in [0.29, 0.717) is 15.8 Å². The highest BCUT2D eigenvalue weighted by Crippen LogP contribution is 2.27. The van der Waals surface area contributed by atoms with E-state index in [1.165, 1.54) is 50.4 Å². The summed E-state index contributed by atoms with van der Waals surface area (Å²) in [4.78, 5) is 3.24. The first-order valence-electron chi connectivity index (χ1n) is 10.6. The molecule has 0 spiro atoms. The minimum atomic E-state index is -3.53. The van der Waals surface area contributed by atoms with Crippen molar-refractivity contribution < 1.29 is 8.42 Å². The highest BCUT2D eigenvalue weighted by Gasteiger charge is 2.26. The zero-order valence-electron chi connectivity index (χ0n) is 16.7. The lowest BCUT2D eigenvalue weighted by Gasteiger charge is -2.39. The second kappa shape index (κ2) is 9.17. The van der Waals surface area contributed by atoms with Gasteiger partial charge in [-0.2, -0.15) is 0 Å². The number of likely N-dealkylation sites (tertiary alicyclic amines) is 1. The van der Waals surface area contributed by atoms with Gasteiger partial charge in [0, 0.05) is 11.1 Å². The van der Waals surface area contributed by atoms with Crippen LogP contribution in [0.15, 0.2) is 58.3 Å². The quantitative estimate of drug-likeness (QED) is 0.763. The SMILES string of the molecule is O=S(=O)(c1ccc(CC2CCN(C3C[14CH2]N[14CH2]C3)CC2)cc1)c1cccc(Cl)c1. The summed E-state index contributed by atoms with van der Waals surface area (Å²) >= 11 is 5.96. The molecule has 2 aliphatic rings. The van der Waals surface area contributed by atoms with Crippen molar-refractivity contribution in [1.82, 2.24) is 10.2 Å². The van der Waals surface area contributed by atoms with Gasteiger partial charge in [0.1, 0.15) is 0 Å². The van der Waals surface area contributed by atoms with Gasteiger partial charge in [0.2, 0.25) is 9.84 Å². The van der Waals surface area contributed by atoms with Crippen LogP contribution < -0.4 is 5.32 Å². The summed E-state index contributed by atoms with van der Waals surface area (Å²) in [5, 5.41) is 3.88. The fourth-order valence-electron chi connectivity index (χ4n) is 4.60. The molecular formula is C23H29ClN2O2S. The van der Waals surface area contributed by atoms with Crippen molar-refractivity contribution in [3.8, 4) is 0 Å². The van der Waals surface area contributed by atoms with Crippen LogP contribution in [-0.4, -0.2) is 45.5 Å². The first-order valence-corrected chi connectivity index (χ1v) is 12.4. The first-order chi connectivity index (χ1) is 14.0. The largest absolute Gasteiger partial charge is 0.317 e. The molecule has 2 heterocycles. The zero-order chi connectivity index (χ0) is 20.3. The highest BCUT2D eigenvalue weighted by atomic mass is 35.5. The van der Waals surface area contributed by atoms with E-state index >= 15 is 0 Å². The van der Waals surface area contributed by atoms with Crippen LogP contribution >= 0.6 is 11.6 Å². The Hall–Kier alpha value is -1.40. The maximum Gasteiger partial charge on any atom is 0.206 e. The minimum absolute atomic E-state index is 0.239. The van der Waals surface area contributed by atoms with Crippen LogP contribution in [0.3, 0.4) is 0 Å². The molecule has 0 saturated carbocycles. The summed E-state index contributed by atoms with van der Waals surface area (Å²) in [7, 11) is -3.53. The monoisotopic (exact) mass is 436 g/mol. The third-order valence-corrected chi connectivity index (χ3v) is 8.34. The standard InChI is InChI=1S/C23H29ClN2O2S/c24-20-2-1-3-23(17-20)29(27,28)22-6-4-18(5-7-22)16-19-10-14-26(15-11-19)21-8-12-25-13-9-21/h1-7,17,19,21,25H,8-16H2/i12+2,13+2. The van der Waals surface area contributed by atoms with Crippen molar-refractivity contribution >= 4 is 21.4 Å². The molecule has 2 saturated heterocycles. The van der Waals surface area contributed by atoms with E-state index in [0.717, 1.165) is 25.6 Å². The number of nitrogens with zero attached hydrogens (tertiary/aromatic N) is 1. The summed E-state index contributed by atoms with van der Waals surface area (Å²) in [6, 6.07) is 14.6. The maximum atomic E-state index is 12.8. The van der Waals surface area contributed by atoms with Crippen molar-refractivity contribution in [1.29, 1.82) is 0 Å². The number of sulfone groups is 1. The van der Waals surface area contributed by atoms with Crippen molar-refractivity contribution in [3.63, 3.8) is 0 Å². The van der Waals surface area contributed by atoms with Crippen molar-refractivity contribution in [2.45, 2.75) is 47.9 Å². The molecule has 6 heteroatoms. The van der Waals surface area contributed by atoms with Crippen molar-refractivity contribution in [2.24, 2.45) is 5.92 Å². The topological polar surface area (TPSA) is 49.4 Å². The Kier molecular flexibility index (Phi) is 6.60. The lowest BCUT2D eigenvalue weighted by atomic mass is 9.89. The van der Waals surface area contributed by atoms with Gasteiger partial charge in [0.05, 0.1) is 9.79 Å². The second-order valence-corrected chi connectivity index (χ2v) is 10.7. The van der Waals surface area contributed by atoms with Crippen LogP contribution in [0.5, 0.6) is 0 Å². The molecule has 2 fully saturated rings. The minimum Gasteiger partial charge on any atom is -0.317 e. The molecule has 0 atom stereocenters. The highest BCUT2D eigenvalue weighted by molar-refractivity contribution is 7.91. The van der Waals surface area contributed by atoms with Gasteiger partial charge < -0.3 is 10.2 Å². The van der Waals surface area contributed by atoms with E-state index in [2.05, 4.69) is 10.2 Å². The molecule has 0 bridgehead atoms. The number of hydrogen-bond donors (Lipinski definition) is 1. The molecule has 1 N–H and O–H groups in total. The number of nitrogens with one attached hydrogen (secondary N) is 1. The molecule has 2 aromatic carbocycles. The molecule has 2 aliphatic heterocycles. The third-order valence-electron chi connectivity index (χ3n) is 6.34. The average Bonchev–Trinajstić information content (AvgIpc) is 2.75. The summed E-state index contributed by atoms with van der Waals surface area (Å²) in [6.45, 7) is 4.68. The summed E-state index contributed by atoms with van der Waals surface area (Å²) in [6.07, 6.45) is 6.02. The van der Waals surface area contributed by atoms with Gasteiger partial charge in [-0.25, -0.2) is 8.42 Å². The van der Waals surface area contributed by atoms with Crippen LogP contribution in [0.2, 0.25) is 5.02 Å². The van der Waals surface area contributed by atoms with Crippen LogP contribution in [0.25, 0.3) is 0 Å². The molecule has 0 amide bonds. The molecule has 2 aromatic rings. The van der Waals surface area contributed by atoms with E-state index < -0.39 is 9.84 Å². The Bertz CT molecular complexity index is 916. The zero-order valence-corrected chi connectivity index (χ0v) is 18.3. The maximum absolute atomic E-state index is 12.8. The van der Waals surface area contributed by atoms with Gasteiger partial charge in [0.25, 0.3) is 0 Å². The van der Waals surface area contributed by atoms with Crippen LogP contribution in [0.1, 0.15) is 31.2 Å². The summed E-state index contributed by atoms with van der Waals surface area (Å²) in [5.41, 5.74) is 1.22. The lowest BCUT2D eigenvalue weighted by Crippen LogP contribution is -2.46. The molecule has 0 unspecified atom stereocenters. The number of piperidine rings is 2. The molecule has 29 heavy (non-hydrogen) atoms.